The Bertz CT molecular complexity index is 1020. The number of carbonyl (C=O) groups excluding carboxylic acids is 1. The normalized spacial score (nSPS) is 11.4. The summed E-state index contributed by atoms with van der Waals surface area (Å²) < 4.78 is 21.0. The fourth-order valence-corrected chi connectivity index (χ4v) is 3.27. The number of benzene rings is 1. The molecule has 2 aromatic heterocycles. The SMILES string of the molecule is C=CCn1c(SCC(=O)Nc2cc(C(C)(C)C)no2)nnc1-c1ccccc1F. The van der Waals surface area contributed by atoms with Crippen LogP contribution in [0.15, 0.2) is 52.7 Å². The molecule has 1 aromatic carbocycles. The molecule has 3 aromatic rings. The van der Waals surface area contributed by atoms with Crippen LogP contribution in [-0.4, -0.2) is 31.6 Å². The first-order chi connectivity index (χ1) is 13.8. The lowest BCUT2D eigenvalue weighted by Crippen LogP contribution is -2.14. The van der Waals surface area contributed by atoms with Crippen LogP contribution in [0.25, 0.3) is 11.4 Å². The fourth-order valence-electron chi connectivity index (χ4n) is 2.52. The van der Waals surface area contributed by atoms with E-state index in [1.165, 1.54) is 17.8 Å². The average molecular weight is 415 g/mol. The maximum absolute atomic E-state index is 14.2. The van der Waals surface area contributed by atoms with Gasteiger partial charge in [-0.2, -0.15) is 0 Å². The summed E-state index contributed by atoms with van der Waals surface area (Å²) >= 11 is 1.19. The highest BCUT2D eigenvalue weighted by atomic mass is 32.2. The molecular formula is C20H22FN5O2S. The van der Waals surface area contributed by atoms with Crippen LogP contribution in [-0.2, 0) is 16.8 Å². The molecule has 9 heteroatoms. The summed E-state index contributed by atoms with van der Waals surface area (Å²) in [6.07, 6.45) is 1.67. The van der Waals surface area contributed by atoms with Crippen molar-refractivity contribution in [3.8, 4) is 11.4 Å². The number of hydrogen-bond donors (Lipinski definition) is 1. The van der Waals surface area contributed by atoms with Gasteiger partial charge in [-0.3, -0.25) is 14.7 Å². The van der Waals surface area contributed by atoms with Gasteiger partial charge in [0.15, 0.2) is 11.0 Å². The Kier molecular flexibility index (Phi) is 6.17. The molecular weight excluding hydrogens is 393 g/mol. The Morgan fingerprint density at radius 2 is 2.10 bits per heavy atom. The third kappa shape index (κ3) is 4.92. The molecule has 0 aliphatic rings. The van der Waals surface area contributed by atoms with Crippen LogP contribution in [0.5, 0.6) is 0 Å². The number of halogens is 1. The number of hydrogen-bond acceptors (Lipinski definition) is 6. The van der Waals surface area contributed by atoms with E-state index in [4.69, 9.17) is 4.52 Å². The number of nitrogens with zero attached hydrogens (tertiary/aromatic N) is 4. The van der Waals surface area contributed by atoms with Gasteiger partial charge >= 0.3 is 0 Å². The average Bonchev–Trinajstić information content (AvgIpc) is 3.28. The maximum Gasteiger partial charge on any atom is 0.237 e. The van der Waals surface area contributed by atoms with Crippen molar-refractivity contribution in [3.63, 3.8) is 0 Å². The maximum atomic E-state index is 14.2. The van der Waals surface area contributed by atoms with Gasteiger partial charge in [0.05, 0.1) is 17.0 Å². The van der Waals surface area contributed by atoms with Crippen LogP contribution in [0.1, 0.15) is 26.5 Å². The Balaban J connectivity index is 1.70. The molecule has 0 atom stereocenters. The predicted octanol–water partition coefficient (Wildman–Crippen LogP) is 4.29. The number of aromatic nitrogens is 4. The van der Waals surface area contributed by atoms with Crippen LogP contribution in [0.4, 0.5) is 10.3 Å². The van der Waals surface area contributed by atoms with Gasteiger partial charge in [-0.05, 0) is 12.1 Å². The van der Waals surface area contributed by atoms with Gasteiger partial charge in [-0.15, -0.1) is 16.8 Å². The quantitative estimate of drug-likeness (QED) is 0.458. The monoisotopic (exact) mass is 415 g/mol. The molecule has 0 bridgehead atoms. The lowest BCUT2D eigenvalue weighted by atomic mass is 9.92. The molecule has 0 fully saturated rings. The van der Waals surface area contributed by atoms with Gasteiger partial charge in [0.2, 0.25) is 11.8 Å². The smallest absolute Gasteiger partial charge is 0.237 e. The van der Waals surface area contributed by atoms with Crippen molar-refractivity contribution in [2.75, 3.05) is 11.1 Å². The minimum absolute atomic E-state index is 0.0814. The van der Waals surface area contributed by atoms with E-state index in [1.54, 1.807) is 34.9 Å². The van der Waals surface area contributed by atoms with Gasteiger partial charge in [0.1, 0.15) is 5.82 Å². The van der Waals surface area contributed by atoms with Crippen LogP contribution in [0.2, 0.25) is 0 Å². The number of anilines is 1. The molecule has 1 amide bonds. The minimum atomic E-state index is -0.389. The lowest BCUT2D eigenvalue weighted by Gasteiger charge is -2.12. The number of amides is 1. The van der Waals surface area contributed by atoms with Crippen molar-refractivity contribution in [1.29, 1.82) is 0 Å². The topological polar surface area (TPSA) is 85.8 Å². The van der Waals surface area contributed by atoms with Crippen molar-refractivity contribution >= 4 is 23.6 Å². The van der Waals surface area contributed by atoms with Crippen LogP contribution in [0, 0.1) is 5.82 Å². The second-order valence-corrected chi connectivity index (χ2v) is 8.29. The molecule has 0 saturated carbocycles. The number of nitrogens with one attached hydrogen (secondary N) is 1. The van der Waals surface area contributed by atoms with E-state index in [2.05, 4.69) is 27.2 Å². The fraction of sp³-hybridized carbons (Fsp3) is 0.300. The number of thioether (sulfide) groups is 1. The Labute approximate surface area is 172 Å². The highest BCUT2D eigenvalue weighted by molar-refractivity contribution is 7.99. The molecule has 0 radical (unpaired) electrons. The van der Waals surface area contributed by atoms with Gasteiger partial charge in [-0.25, -0.2) is 4.39 Å². The second kappa shape index (κ2) is 8.60. The standard InChI is InChI=1S/C20H22FN5O2S/c1-5-10-26-18(13-8-6-7-9-14(13)21)23-24-19(26)29-12-16(27)22-17-11-15(25-28-17)20(2,3)4/h5-9,11H,1,10,12H2,2-4H3,(H,22,27). The molecule has 2 heterocycles. The highest BCUT2D eigenvalue weighted by Crippen LogP contribution is 2.27. The molecule has 0 unspecified atom stereocenters. The number of carbonyl (C=O) groups is 1. The van der Waals surface area contributed by atoms with Crippen LogP contribution < -0.4 is 5.32 Å². The Morgan fingerprint density at radius 3 is 2.76 bits per heavy atom. The van der Waals surface area contributed by atoms with Crippen molar-refractivity contribution in [3.05, 3.63) is 54.5 Å². The summed E-state index contributed by atoms with van der Waals surface area (Å²) in [6, 6.07) is 8.05. The van der Waals surface area contributed by atoms with Crippen molar-refractivity contribution < 1.29 is 13.7 Å². The Hall–Kier alpha value is -2.94. The summed E-state index contributed by atoms with van der Waals surface area (Å²) in [4.78, 5) is 12.3. The van der Waals surface area contributed by atoms with E-state index in [1.807, 2.05) is 20.8 Å². The minimum Gasteiger partial charge on any atom is -0.338 e. The summed E-state index contributed by atoms with van der Waals surface area (Å²) in [5, 5.41) is 15.4. The zero-order chi connectivity index (χ0) is 21.0. The van der Waals surface area contributed by atoms with E-state index in [0.717, 1.165) is 5.69 Å². The third-order valence-electron chi connectivity index (χ3n) is 4.02. The van der Waals surface area contributed by atoms with E-state index < -0.39 is 0 Å². The van der Waals surface area contributed by atoms with Gasteiger partial charge in [-0.1, -0.05) is 55.9 Å². The molecule has 29 heavy (non-hydrogen) atoms. The zero-order valence-corrected chi connectivity index (χ0v) is 17.3. The molecule has 152 valence electrons. The molecule has 0 spiro atoms. The first-order valence-corrected chi connectivity index (χ1v) is 9.97. The largest absolute Gasteiger partial charge is 0.338 e. The lowest BCUT2D eigenvalue weighted by molar-refractivity contribution is -0.113. The summed E-state index contributed by atoms with van der Waals surface area (Å²) in [7, 11) is 0. The molecule has 7 nitrogen and oxygen atoms in total. The first-order valence-electron chi connectivity index (χ1n) is 8.98. The zero-order valence-electron chi connectivity index (χ0n) is 16.5. The van der Waals surface area contributed by atoms with E-state index >= 15 is 0 Å². The molecule has 0 saturated heterocycles. The summed E-state index contributed by atoms with van der Waals surface area (Å²) in [6.45, 7) is 10.1. The number of rotatable bonds is 7. The van der Waals surface area contributed by atoms with Gasteiger partial charge in [0, 0.05) is 18.0 Å². The van der Waals surface area contributed by atoms with E-state index in [-0.39, 0.29) is 22.9 Å². The van der Waals surface area contributed by atoms with Crippen LogP contribution in [0.3, 0.4) is 0 Å². The second-order valence-electron chi connectivity index (χ2n) is 7.35. The van der Waals surface area contributed by atoms with Crippen molar-refractivity contribution in [1.82, 2.24) is 19.9 Å². The molecule has 0 aliphatic carbocycles. The third-order valence-corrected chi connectivity index (χ3v) is 4.98. The van der Waals surface area contributed by atoms with Crippen molar-refractivity contribution in [2.45, 2.75) is 37.9 Å². The Morgan fingerprint density at radius 1 is 1.34 bits per heavy atom. The first kappa shape index (κ1) is 20.8. The van der Waals surface area contributed by atoms with E-state index in [0.29, 0.717) is 29.0 Å². The van der Waals surface area contributed by atoms with Gasteiger partial charge in [0.25, 0.3) is 0 Å². The molecule has 1 N–H and O–H groups in total. The molecule has 0 aliphatic heterocycles. The van der Waals surface area contributed by atoms with E-state index in [9.17, 15) is 9.18 Å². The highest BCUT2D eigenvalue weighted by Gasteiger charge is 2.21. The molecule has 3 rings (SSSR count). The van der Waals surface area contributed by atoms with Gasteiger partial charge < -0.3 is 4.52 Å². The summed E-state index contributed by atoms with van der Waals surface area (Å²) in [5.74, 6) is 0.0979. The summed E-state index contributed by atoms with van der Waals surface area (Å²) in [5.41, 5.74) is 0.918. The van der Waals surface area contributed by atoms with Crippen LogP contribution >= 0.6 is 11.8 Å². The van der Waals surface area contributed by atoms with Crippen molar-refractivity contribution in [2.24, 2.45) is 0 Å². The number of allylic oxidation sites excluding steroid dienone is 1. The predicted molar refractivity (Wildman–Crippen MR) is 110 cm³/mol.